The molecule has 0 aromatic heterocycles. The van der Waals surface area contributed by atoms with Crippen LogP contribution in [0.4, 0.5) is 5.69 Å². The van der Waals surface area contributed by atoms with E-state index in [9.17, 15) is 14.4 Å². The average Bonchev–Trinajstić information content (AvgIpc) is 3.43. The number of rotatable bonds is 8. The molecule has 0 aliphatic heterocycles. The van der Waals surface area contributed by atoms with Crippen LogP contribution in [0.15, 0.2) is 65.4 Å². The van der Waals surface area contributed by atoms with Gasteiger partial charge in [0.25, 0.3) is 11.8 Å². The molecule has 0 bridgehead atoms. The first kappa shape index (κ1) is 29.0. The number of alkyl halides is 2. The second kappa shape index (κ2) is 11.9. The number of likely N-dealkylation sites (N-methyl/N-ethyl adjacent to an activating group) is 1. The normalized spacial score (nSPS) is 18.3. The van der Waals surface area contributed by atoms with Crippen molar-refractivity contribution in [2.45, 2.75) is 17.2 Å². The maximum Gasteiger partial charge on any atom is 0.268 e. The molecule has 2 aromatic carbocycles. The molecule has 0 heterocycles. The van der Waals surface area contributed by atoms with Crippen LogP contribution in [0, 0.1) is 5.92 Å². The molecule has 0 spiro atoms. The third-order valence-electron chi connectivity index (χ3n) is 5.48. The molecule has 1 saturated carbocycles. The molecule has 3 rings (SSSR count). The lowest BCUT2D eigenvalue weighted by Gasteiger charge is -2.11. The Labute approximate surface area is 238 Å². The summed E-state index contributed by atoms with van der Waals surface area (Å²) in [5, 5.41) is 8.71. The van der Waals surface area contributed by atoms with Gasteiger partial charge >= 0.3 is 0 Å². The van der Waals surface area contributed by atoms with Gasteiger partial charge in [-0.1, -0.05) is 47.5 Å². The minimum absolute atomic E-state index is 0.0353. The van der Waals surface area contributed by atoms with Gasteiger partial charge in [-0.15, -0.1) is 23.2 Å². The number of allylic oxidation sites excluding steroid dienone is 2. The molecule has 3 N–H and O–H groups in total. The SMILES string of the molecule is C=C(N=C/C(=C\C)NC(=O)c1cc(NC(=O)C2C(c3cc(Cl)cc(Cl)c3)C2(Cl)Cl)ccc1Cl)C(=O)NC. The highest BCUT2D eigenvalue weighted by atomic mass is 35.5. The number of amides is 3. The quantitative estimate of drug-likeness (QED) is 0.192. The van der Waals surface area contributed by atoms with Gasteiger partial charge in [0.15, 0.2) is 0 Å². The Bertz CT molecular complexity index is 1320. The molecule has 2 aromatic rings. The highest BCUT2D eigenvalue weighted by molar-refractivity contribution is 6.53. The van der Waals surface area contributed by atoms with Crippen molar-refractivity contribution in [3.05, 3.63) is 86.6 Å². The Balaban J connectivity index is 1.73. The number of nitrogens with zero attached hydrogens (tertiary/aromatic N) is 1. The number of halogens is 5. The number of carbonyl (C=O) groups is 3. The molecule has 0 saturated heterocycles. The Morgan fingerprint density at radius 3 is 2.30 bits per heavy atom. The van der Waals surface area contributed by atoms with Crippen molar-refractivity contribution in [2.75, 3.05) is 12.4 Å². The highest BCUT2D eigenvalue weighted by Gasteiger charge is 2.67. The van der Waals surface area contributed by atoms with Gasteiger partial charge < -0.3 is 16.0 Å². The number of aliphatic imine (C=N–C) groups is 1. The van der Waals surface area contributed by atoms with E-state index in [1.807, 2.05) is 0 Å². The van der Waals surface area contributed by atoms with Crippen molar-refractivity contribution < 1.29 is 14.4 Å². The van der Waals surface area contributed by atoms with Gasteiger partial charge in [0, 0.05) is 28.7 Å². The third kappa shape index (κ3) is 6.86. The monoisotopic (exact) mass is 600 g/mol. The van der Waals surface area contributed by atoms with Crippen molar-refractivity contribution in [3.8, 4) is 0 Å². The Morgan fingerprint density at radius 1 is 1.05 bits per heavy atom. The van der Waals surface area contributed by atoms with E-state index in [0.717, 1.165) is 0 Å². The molecular weight excluding hydrogens is 582 g/mol. The van der Waals surface area contributed by atoms with Gasteiger partial charge in [-0.3, -0.25) is 14.4 Å². The summed E-state index contributed by atoms with van der Waals surface area (Å²) in [5.41, 5.74) is 1.30. The summed E-state index contributed by atoms with van der Waals surface area (Å²) in [6.07, 6.45) is 2.86. The molecule has 12 heteroatoms. The van der Waals surface area contributed by atoms with Crippen LogP contribution in [0.2, 0.25) is 15.1 Å². The van der Waals surface area contributed by atoms with Crippen LogP contribution in [0.25, 0.3) is 0 Å². The lowest BCUT2D eigenvalue weighted by atomic mass is 10.1. The van der Waals surface area contributed by atoms with Crippen molar-refractivity contribution in [2.24, 2.45) is 10.9 Å². The summed E-state index contributed by atoms with van der Waals surface area (Å²) in [5.74, 6) is -2.78. The van der Waals surface area contributed by atoms with Gasteiger partial charge in [-0.05, 0) is 48.9 Å². The van der Waals surface area contributed by atoms with E-state index in [2.05, 4.69) is 27.5 Å². The van der Waals surface area contributed by atoms with E-state index in [0.29, 0.717) is 27.0 Å². The van der Waals surface area contributed by atoms with Crippen LogP contribution >= 0.6 is 58.0 Å². The maximum atomic E-state index is 13.0. The van der Waals surface area contributed by atoms with Crippen LogP contribution in [0.3, 0.4) is 0 Å². The molecule has 1 aliphatic rings. The van der Waals surface area contributed by atoms with E-state index in [4.69, 9.17) is 58.0 Å². The van der Waals surface area contributed by atoms with Crippen molar-refractivity contribution in [1.82, 2.24) is 10.6 Å². The van der Waals surface area contributed by atoms with Crippen molar-refractivity contribution >= 4 is 87.6 Å². The van der Waals surface area contributed by atoms with Crippen LogP contribution < -0.4 is 16.0 Å². The number of benzene rings is 2. The average molecular weight is 603 g/mol. The first-order valence-electron chi connectivity index (χ1n) is 10.8. The van der Waals surface area contributed by atoms with Gasteiger partial charge in [0.05, 0.1) is 28.4 Å². The van der Waals surface area contributed by atoms with Gasteiger partial charge in [-0.2, -0.15) is 0 Å². The maximum absolute atomic E-state index is 13.0. The van der Waals surface area contributed by atoms with Crippen LogP contribution in [-0.2, 0) is 9.59 Å². The minimum atomic E-state index is -1.36. The standard InChI is InChI=1S/C25H21Cl5N4O3/c1-4-16(11-32-12(2)22(35)31-3)33-23(36)18-10-17(5-6-19(18)28)34-24(37)21-20(25(21,29)30)13-7-14(26)9-15(27)8-13/h4-11,20-21H,2H2,1,3H3,(H,31,35)(H,33,36)(H,34,37)/b16-4+,32-11?. The van der Waals surface area contributed by atoms with Crippen LogP contribution in [0.5, 0.6) is 0 Å². The summed E-state index contributed by atoms with van der Waals surface area (Å²) in [4.78, 5) is 41.4. The number of anilines is 1. The molecule has 0 radical (unpaired) electrons. The van der Waals surface area contributed by atoms with Crippen LogP contribution in [-0.4, -0.2) is 35.3 Å². The van der Waals surface area contributed by atoms with Gasteiger partial charge in [-0.25, -0.2) is 4.99 Å². The lowest BCUT2D eigenvalue weighted by molar-refractivity contribution is -0.118. The molecule has 3 amide bonds. The molecule has 1 aliphatic carbocycles. The predicted molar refractivity (Wildman–Crippen MR) is 150 cm³/mol. The Morgan fingerprint density at radius 2 is 1.70 bits per heavy atom. The fraction of sp³-hybridized carbons (Fsp3) is 0.200. The predicted octanol–water partition coefficient (Wildman–Crippen LogP) is 6.14. The number of hydrogen-bond acceptors (Lipinski definition) is 4. The fourth-order valence-corrected chi connectivity index (χ4v) is 5.12. The third-order valence-corrected chi connectivity index (χ3v) is 7.18. The van der Waals surface area contributed by atoms with Gasteiger partial charge in [0.1, 0.15) is 10.0 Å². The molecule has 2 atom stereocenters. The van der Waals surface area contributed by atoms with E-state index >= 15 is 0 Å². The van der Waals surface area contributed by atoms with Crippen molar-refractivity contribution in [1.29, 1.82) is 0 Å². The second-order valence-electron chi connectivity index (χ2n) is 8.00. The number of carbonyl (C=O) groups excluding carboxylic acids is 3. The summed E-state index contributed by atoms with van der Waals surface area (Å²) >= 11 is 31.2. The molecule has 37 heavy (non-hydrogen) atoms. The van der Waals surface area contributed by atoms with Crippen LogP contribution in [0.1, 0.15) is 28.8 Å². The zero-order chi connectivity index (χ0) is 27.5. The molecular formula is C25H21Cl5N4O3. The molecule has 1 fully saturated rings. The van der Waals surface area contributed by atoms with E-state index < -0.39 is 33.9 Å². The molecule has 2 unspecified atom stereocenters. The van der Waals surface area contributed by atoms with E-state index in [1.54, 1.807) is 37.3 Å². The van der Waals surface area contributed by atoms with E-state index in [-0.39, 0.29) is 16.3 Å². The Hall–Kier alpha value is -2.55. The highest BCUT2D eigenvalue weighted by Crippen LogP contribution is 2.65. The Kier molecular flexibility index (Phi) is 9.32. The smallest absolute Gasteiger partial charge is 0.268 e. The number of hydrogen-bond donors (Lipinski definition) is 3. The largest absolute Gasteiger partial charge is 0.354 e. The first-order valence-corrected chi connectivity index (χ1v) is 12.6. The minimum Gasteiger partial charge on any atom is -0.354 e. The van der Waals surface area contributed by atoms with Gasteiger partial charge in [0.2, 0.25) is 5.91 Å². The molecule has 7 nitrogen and oxygen atoms in total. The summed E-state index contributed by atoms with van der Waals surface area (Å²) in [6, 6.07) is 9.31. The second-order valence-corrected chi connectivity index (χ2v) is 10.7. The lowest BCUT2D eigenvalue weighted by Crippen LogP contribution is -2.25. The summed E-state index contributed by atoms with van der Waals surface area (Å²) < 4.78 is -1.36. The number of nitrogens with one attached hydrogen (secondary N) is 3. The van der Waals surface area contributed by atoms with E-state index in [1.165, 1.54) is 25.4 Å². The van der Waals surface area contributed by atoms with Crippen molar-refractivity contribution in [3.63, 3.8) is 0 Å². The first-order chi connectivity index (χ1) is 17.4. The summed E-state index contributed by atoms with van der Waals surface area (Å²) in [7, 11) is 1.45. The zero-order valence-corrected chi connectivity index (χ0v) is 23.3. The zero-order valence-electron chi connectivity index (χ0n) is 19.5. The summed E-state index contributed by atoms with van der Waals surface area (Å²) in [6.45, 7) is 5.21. The molecule has 194 valence electrons. The topological polar surface area (TPSA) is 99.7 Å². The fourth-order valence-electron chi connectivity index (χ4n) is 3.55.